The van der Waals surface area contributed by atoms with Crippen LogP contribution < -0.4 is 5.46 Å². The Morgan fingerprint density at radius 1 is 1.04 bits per heavy atom. The van der Waals surface area contributed by atoms with E-state index in [-0.39, 0.29) is 11.2 Å². The fourth-order valence-corrected chi connectivity index (χ4v) is 2.91. The molecule has 3 aromatic rings. The zero-order valence-corrected chi connectivity index (χ0v) is 17.5. The normalized spacial score (nSPS) is 10.9. The van der Waals surface area contributed by atoms with Crippen molar-refractivity contribution < 1.29 is 4.39 Å². The summed E-state index contributed by atoms with van der Waals surface area (Å²) in [6.07, 6.45) is 7.86. The van der Waals surface area contributed by atoms with Crippen molar-refractivity contribution in [3.05, 3.63) is 83.7 Å². The van der Waals surface area contributed by atoms with Crippen LogP contribution >= 0.6 is 0 Å². The highest BCUT2D eigenvalue weighted by atomic mass is 19.1. The van der Waals surface area contributed by atoms with Crippen LogP contribution in [-0.4, -0.2) is 17.2 Å². The van der Waals surface area contributed by atoms with Crippen molar-refractivity contribution in [3.8, 4) is 0 Å². The number of unbranched alkanes of at least 4 members (excludes halogenated alkanes) is 1. The minimum atomic E-state index is -0.135. The van der Waals surface area contributed by atoms with Crippen molar-refractivity contribution in [1.82, 2.24) is 9.97 Å². The van der Waals surface area contributed by atoms with Gasteiger partial charge in [-0.05, 0) is 37.5 Å². The summed E-state index contributed by atoms with van der Waals surface area (Å²) >= 11 is 0. The van der Waals surface area contributed by atoms with E-state index < -0.39 is 0 Å². The van der Waals surface area contributed by atoms with E-state index in [1.54, 1.807) is 18.5 Å². The van der Waals surface area contributed by atoms with Gasteiger partial charge in [-0.1, -0.05) is 80.9 Å². The van der Waals surface area contributed by atoms with E-state index in [1.807, 2.05) is 12.3 Å². The number of imidazole rings is 1. The molecule has 0 bridgehead atoms. The van der Waals surface area contributed by atoms with Gasteiger partial charge in [0.15, 0.2) is 7.28 Å². The summed E-state index contributed by atoms with van der Waals surface area (Å²) < 4.78 is 13.0. The predicted octanol–water partition coefficient (Wildman–Crippen LogP) is 5.61. The van der Waals surface area contributed by atoms with Gasteiger partial charge in [-0.2, -0.15) is 0 Å². The van der Waals surface area contributed by atoms with Gasteiger partial charge in [-0.15, -0.1) is 0 Å². The van der Waals surface area contributed by atoms with Crippen LogP contribution in [0.1, 0.15) is 50.4 Å². The SMILES string of the molecule is CC(C)(C)c1cnc[nH]1.Cc1ccccc1[B]CCCCc1cccc(F)c1. The Labute approximate surface area is 169 Å². The third kappa shape index (κ3) is 7.71. The summed E-state index contributed by atoms with van der Waals surface area (Å²) in [5, 5.41) is 0. The van der Waals surface area contributed by atoms with Crippen LogP contribution in [0.25, 0.3) is 0 Å². The van der Waals surface area contributed by atoms with Crippen LogP contribution in [-0.2, 0) is 11.8 Å². The van der Waals surface area contributed by atoms with E-state index in [4.69, 9.17) is 0 Å². The van der Waals surface area contributed by atoms with Gasteiger partial charge in [0, 0.05) is 17.3 Å². The maximum Gasteiger partial charge on any atom is 0.151 e. The summed E-state index contributed by atoms with van der Waals surface area (Å²) in [5.74, 6) is -0.135. The fourth-order valence-electron chi connectivity index (χ4n) is 2.91. The number of nitrogens with one attached hydrogen (secondary N) is 1. The summed E-state index contributed by atoms with van der Waals surface area (Å²) in [5.41, 5.74) is 5.13. The highest BCUT2D eigenvalue weighted by molar-refractivity contribution is 6.53. The van der Waals surface area contributed by atoms with Crippen molar-refractivity contribution in [2.24, 2.45) is 0 Å². The summed E-state index contributed by atoms with van der Waals surface area (Å²) in [7, 11) is 2.29. The third-order valence-electron chi connectivity index (χ3n) is 4.67. The van der Waals surface area contributed by atoms with Crippen LogP contribution in [0.15, 0.2) is 61.1 Å². The Bertz CT molecular complexity index is 823. The van der Waals surface area contributed by atoms with Crippen molar-refractivity contribution >= 4 is 12.7 Å². The first-order chi connectivity index (χ1) is 13.4. The molecule has 1 aromatic heterocycles. The lowest BCUT2D eigenvalue weighted by Crippen LogP contribution is -2.16. The monoisotopic (exact) mass is 377 g/mol. The van der Waals surface area contributed by atoms with Gasteiger partial charge in [0.1, 0.15) is 5.82 Å². The second-order valence-corrected chi connectivity index (χ2v) is 8.15. The molecular formula is C24H31BFN2. The summed E-state index contributed by atoms with van der Waals surface area (Å²) in [4.78, 5) is 7.00. The molecule has 28 heavy (non-hydrogen) atoms. The quantitative estimate of drug-likeness (QED) is 0.439. The standard InChI is InChI=1S/C17H19BF.C7H12N2/c1-14-7-2-3-11-17(14)18-12-5-4-8-15-9-6-10-16(19)13-15;1-7(2,3)6-4-8-5-9-6/h2-3,6-7,9-11,13H,4-5,8,12H2,1H3;4-5H,1-3H3,(H,8,9). The molecule has 0 amide bonds. The number of aromatic amines is 1. The molecule has 1 N–H and O–H groups in total. The van der Waals surface area contributed by atoms with Gasteiger partial charge in [0.2, 0.25) is 0 Å². The van der Waals surface area contributed by atoms with Crippen LogP contribution in [0.5, 0.6) is 0 Å². The average molecular weight is 377 g/mol. The molecule has 0 unspecified atom stereocenters. The van der Waals surface area contributed by atoms with E-state index in [0.717, 1.165) is 31.1 Å². The van der Waals surface area contributed by atoms with Crippen LogP contribution in [0.2, 0.25) is 6.32 Å². The molecule has 0 atom stereocenters. The lowest BCUT2D eigenvalue weighted by Gasteiger charge is -2.14. The molecule has 0 spiro atoms. The van der Waals surface area contributed by atoms with E-state index in [0.29, 0.717) is 0 Å². The van der Waals surface area contributed by atoms with Crippen LogP contribution in [0, 0.1) is 12.7 Å². The molecular weight excluding hydrogens is 346 g/mol. The van der Waals surface area contributed by atoms with Gasteiger partial charge in [0.05, 0.1) is 6.33 Å². The van der Waals surface area contributed by atoms with Crippen molar-refractivity contribution in [2.75, 3.05) is 0 Å². The Balaban J connectivity index is 0.000000261. The Hall–Kier alpha value is -2.36. The van der Waals surface area contributed by atoms with Gasteiger partial charge in [0.25, 0.3) is 0 Å². The number of rotatable bonds is 6. The smallest absolute Gasteiger partial charge is 0.151 e. The number of hydrogen-bond donors (Lipinski definition) is 1. The number of aryl methyl sites for hydroxylation is 2. The van der Waals surface area contributed by atoms with Crippen LogP contribution in [0.4, 0.5) is 4.39 Å². The van der Waals surface area contributed by atoms with Crippen molar-refractivity contribution in [2.45, 2.75) is 58.7 Å². The first-order valence-electron chi connectivity index (χ1n) is 9.98. The lowest BCUT2D eigenvalue weighted by molar-refractivity contribution is 0.572. The molecule has 2 aromatic carbocycles. The minimum absolute atomic E-state index is 0.135. The second kappa shape index (κ2) is 10.8. The predicted molar refractivity (Wildman–Crippen MR) is 118 cm³/mol. The summed E-state index contributed by atoms with van der Waals surface area (Å²) in [6.45, 7) is 8.60. The fraction of sp³-hybridized carbons (Fsp3) is 0.375. The largest absolute Gasteiger partial charge is 0.348 e. The van der Waals surface area contributed by atoms with E-state index in [9.17, 15) is 4.39 Å². The minimum Gasteiger partial charge on any atom is -0.348 e. The van der Waals surface area contributed by atoms with E-state index >= 15 is 0 Å². The Morgan fingerprint density at radius 3 is 2.43 bits per heavy atom. The molecule has 4 heteroatoms. The topological polar surface area (TPSA) is 28.7 Å². The number of nitrogens with zero attached hydrogens (tertiary/aromatic N) is 1. The maximum atomic E-state index is 13.0. The van der Waals surface area contributed by atoms with Crippen LogP contribution in [0.3, 0.4) is 0 Å². The first kappa shape index (κ1) is 21.9. The third-order valence-corrected chi connectivity index (χ3v) is 4.67. The number of H-pyrrole nitrogens is 1. The Kier molecular flexibility index (Phi) is 8.50. The molecule has 1 radical (unpaired) electrons. The molecule has 0 aliphatic rings. The molecule has 1 heterocycles. The average Bonchev–Trinajstić information content (AvgIpc) is 3.19. The number of aromatic nitrogens is 2. The molecule has 147 valence electrons. The lowest BCUT2D eigenvalue weighted by atomic mass is 9.64. The molecule has 0 saturated carbocycles. The van der Waals surface area contributed by atoms with E-state index in [2.05, 4.69) is 69.2 Å². The zero-order valence-electron chi connectivity index (χ0n) is 17.5. The van der Waals surface area contributed by atoms with Gasteiger partial charge in [-0.25, -0.2) is 9.37 Å². The molecule has 0 aliphatic carbocycles. The van der Waals surface area contributed by atoms with Gasteiger partial charge in [-0.3, -0.25) is 0 Å². The molecule has 0 aliphatic heterocycles. The number of hydrogen-bond acceptors (Lipinski definition) is 1. The molecule has 2 nitrogen and oxygen atoms in total. The summed E-state index contributed by atoms with van der Waals surface area (Å²) in [6, 6.07) is 15.3. The van der Waals surface area contributed by atoms with Gasteiger partial charge < -0.3 is 4.98 Å². The van der Waals surface area contributed by atoms with E-state index in [1.165, 1.54) is 22.8 Å². The second-order valence-electron chi connectivity index (χ2n) is 8.15. The first-order valence-corrected chi connectivity index (χ1v) is 9.98. The highest BCUT2D eigenvalue weighted by Gasteiger charge is 2.13. The highest BCUT2D eigenvalue weighted by Crippen LogP contribution is 2.17. The zero-order chi connectivity index (χ0) is 20.4. The van der Waals surface area contributed by atoms with Crippen molar-refractivity contribution in [1.29, 1.82) is 0 Å². The van der Waals surface area contributed by atoms with Gasteiger partial charge >= 0.3 is 0 Å². The number of benzene rings is 2. The molecule has 3 rings (SSSR count). The number of halogens is 1. The van der Waals surface area contributed by atoms with Crippen molar-refractivity contribution in [3.63, 3.8) is 0 Å². The Morgan fingerprint density at radius 2 is 1.82 bits per heavy atom. The maximum absolute atomic E-state index is 13.0. The molecule has 0 saturated heterocycles. The molecule has 0 fully saturated rings.